The molecule has 1 aromatic carbocycles. The van der Waals surface area contributed by atoms with Crippen LogP contribution < -0.4 is 10.6 Å². The van der Waals surface area contributed by atoms with Gasteiger partial charge in [-0.3, -0.25) is 14.7 Å². The first kappa shape index (κ1) is 25.9. The Bertz CT molecular complexity index is 698. The number of likely N-dealkylation sites (tertiary alicyclic amines) is 1. The molecule has 1 aliphatic heterocycles. The molecule has 3 rings (SSSR count). The van der Waals surface area contributed by atoms with E-state index in [9.17, 15) is 4.79 Å². The lowest BCUT2D eigenvalue weighted by Gasteiger charge is -2.21. The number of amides is 1. The summed E-state index contributed by atoms with van der Waals surface area (Å²) in [6.07, 6.45) is 5.55. The largest absolute Gasteiger partial charge is 0.352 e. The normalized spacial score (nSPS) is 19.5. The summed E-state index contributed by atoms with van der Waals surface area (Å²) in [5, 5.41) is 6.92. The van der Waals surface area contributed by atoms with Gasteiger partial charge >= 0.3 is 0 Å². The Hall–Kier alpha value is -1.35. The van der Waals surface area contributed by atoms with Crippen LogP contribution >= 0.6 is 24.0 Å². The van der Waals surface area contributed by atoms with Gasteiger partial charge < -0.3 is 15.5 Å². The van der Waals surface area contributed by atoms with Crippen LogP contribution in [0.2, 0.25) is 0 Å². The van der Waals surface area contributed by atoms with Crippen molar-refractivity contribution in [1.82, 2.24) is 20.4 Å². The summed E-state index contributed by atoms with van der Waals surface area (Å²) in [6.45, 7) is 9.95. The minimum atomic E-state index is 0. The van der Waals surface area contributed by atoms with E-state index >= 15 is 0 Å². The van der Waals surface area contributed by atoms with Crippen molar-refractivity contribution >= 4 is 35.8 Å². The van der Waals surface area contributed by atoms with Crippen LogP contribution in [0.5, 0.6) is 0 Å². The van der Waals surface area contributed by atoms with Gasteiger partial charge in [0.2, 0.25) is 5.91 Å². The molecule has 1 unspecified atom stereocenters. The van der Waals surface area contributed by atoms with E-state index in [-0.39, 0.29) is 35.9 Å². The van der Waals surface area contributed by atoms with Gasteiger partial charge in [-0.25, -0.2) is 0 Å². The molecule has 2 fully saturated rings. The lowest BCUT2D eigenvalue weighted by molar-refractivity contribution is -0.134. The molecular formula is C24H40IN5O. The number of carbonyl (C=O) groups is 1. The zero-order valence-electron chi connectivity index (χ0n) is 19.4. The van der Waals surface area contributed by atoms with Crippen molar-refractivity contribution in [2.24, 2.45) is 10.9 Å². The Morgan fingerprint density at radius 1 is 1.10 bits per heavy atom. The second-order valence-corrected chi connectivity index (χ2v) is 8.60. The number of carbonyl (C=O) groups excluding carboxylic acids is 1. The molecule has 2 N–H and O–H groups in total. The van der Waals surface area contributed by atoms with Gasteiger partial charge in [0.05, 0.1) is 0 Å². The van der Waals surface area contributed by atoms with E-state index in [2.05, 4.69) is 63.5 Å². The molecule has 0 aromatic heterocycles. The SMILES string of the molecule is CCN(CC)Cc1ccc(CNC(=NC)NC2CCN(C(=O)C3CCCC3)C2)cc1.I. The van der Waals surface area contributed by atoms with E-state index in [1.165, 1.54) is 24.0 Å². The average Bonchev–Trinajstić information content (AvgIpc) is 3.47. The van der Waals surface area contributed by atoms with Crippen LogP contribution in [0.25, 0.3) is 0 Å². The van der Waals surface area contributed by atoms with E-state index < -0.39 is 0 Å². The summed E-state index contributed by atoms with van der Waals surface area (Å²) < 4.78 is 0. The summed E-state index contributed by atoms with van der Waals surface area (Å²) in [5.41, 5.74) is 2.59. The Labute approximate surface area is 205 Å². The topological polar surface area (TPSA) is 60.0 Å². The first-order valence-corrected chi connectivity index (χ1v) is 11.7. The van der Waals surface area contributed by atoms with Gasteiger partial charge in [-0.15, -0.1) is 24.0 Å². The molecule has 1 saturated carbocycles. The molecule has 1 aromatic rings. The maximum absolute atomic E-state index is 12.6. The Kier molecular flexibility index (Phi) is 11.1. The van der Waals surface area contributed by atoms with Crippen molar-refractivity contribution in [3.05, 3.63) is 35.4 Å². The number of rotatable bonds is 8. The molecule has 1 saturated heterocycles. The van der Waals surface area contributed by atoms with Crippen molar-refractivity contribution in [3.8, 4) is 0 Å². The van der Waals surface area contributed by atoms with Gasteiger partial charge in [0.1, 0.15) is 0 Å². The highest BCUT2D eigenvalue weighted by molar-refractivity contribution is 14.0. The van der Waals surface area contributed by atoms with E-state index in [1.807, 2.05) is 0 Å². The van der Waals surface area contributed by atoms with Gasteiger partial charge in [0, 0.05) is 45.2 Å². The third-order valence-electron chi connectivity index (χ3n) is 6.55. The summed E-state index contributed by atoms with van der Waals surface area (Å²) >= 11 is 0. The third kappa shape index (κ3) is 7.63. The molecule has 1 heterocycles. The van der Waals surface area contributed by atoms with E-state index in [1.54, 1.807) is 7.05 Å². The molecule has 0 radical (unpaired) electrons. The minimum absolute atomic E-state index is 0. The van der Waals surface area contributed by atoms with Crippen LogP contribution in [0.15, 0.2) is 29.3 Å². The zero-order valence-corrected chi connectivity index (χ0v) is 21.7. The molecule has 0 bridgehead atoms. The van der Waals surface area contributed by atoms with Crippen LogP contribution in [0.4, 0.5) is 0 Å². The van der Waals surface area contributed by atoms with Gasteiger partial charge in [0.25, 0.3) is 0 Å². The van der Waals surface area contributed by atoms with Crippen LogP contribution in [-0.4, -0.2) is 60.9 Å². The molecule has 1 amide bonds. The van der Waals surface area contributed by atoms with Crippen LogP contribution in [-0.2, 0) is 17.9 Å². The smallest absolute Gasteiger partial charge is 0.225 e. The fourth-order valence-electron chi connectivity index (χ4n) is 4.55. The number of nitrogens with zero attached hydrogens (tertiary/aromatic N) is 3. The maximum Gasteiger partial charge on any atom is 0.225 e. The highest BCUT2D eigenvalue weighted by atomic mass is 127. The number of guanidine groups is 1. The van der Waals surface area contributed by atoms with Crippen LogP contribution in [0.3, 0.4) is 0 Å². The van der Waals surface area contributed by atoms with Crippen LogP contribution in [0, 0.1) is 5.92 Å². The molecule has 174 valence electrons. The highest BCUT2D eigenvalue weighted by Gasteiger charge is 2.32. The van der Waals surface area contributed by atoms with E-state index in [4.69, 9.17) is 0 Å². The molecule has 31 heavy (non-hydrogen) atoms. The molecule has 7 heteroatoms. The first-order valence-electron chi connectivity index (χ1n) is 11.7. The second kappa shape index (κ2) is 13.3. The Balaban J connectivity index is 0.00000341. The second-order valence-electron chi connectivity index (χ2n) is 8.60. The summed E-state index contributed by atoms with van der Waals surface area (Å²) in [6, 6.07) is 9.09. The first-order chi connectivity index (χ1) is 14.6. The quantitative estimate of drug-likeness (QED) is 0.300. The highest BCUT2D eigenvalue weighted by Crippen LogP contribution is 2.27. The van der Waals surface area contributed by atoms with Crippen molar-refractivity contribution in [1.29, 1.82) is 0 Å². The average molecular weight is 542 g/mol. The number of hydrogen-bond acceptors (Lipinski definition) is 3. The summed E-state index contributed by atoms with van der Waals surface area (Å²) in [5.74, 6) is 1.44. The number of halogens is 1. The molecule has 0 spiro atoms. The zero-order chi connectivity index (χ0) is 21.3. The Morgan fingerprint density at radius 2 is 1.74 bits per heavy atom. The maximum atomic E-state index is 12.6. The number of aliphatic imine (C=N–C) groups is 1. The Morgan fingerprint density at radius 3 is 2.35 bits per heavy atom. The number of hydrogen-bond donors (Lipinski definition) is 2. The molecular weight excluding hydrogens is 501 g/mol. The number of nitrogens with one attached hydrogen (secondary N) is 2. The predicted molar refractivity (Wildman–Crippen MR) is 139 cm³/mol. The fraction of sp³-hybridized carbons (Fsp3) is 0.667. The van der Waals surface area contributed by atoms with Crippen molar-refractivity contribution in [2.45, 2.75) is 65.1 Å². The lowest BCUT2D eigenvalue weighted by atomic mass is 10.1. The van der Waals surface area contributed by atoms with Crippen molar-refractivity contribution < 1.29 is 4.79 Å². The third-order valence-corrected chi connectivity index (χ3v) is 6.55. The molecule has 1 atom stereocenters. The van der Waals surface area contributed by atoms with Gasteiger partial charge in [-0.1, -0.05) is 51.0 Å². The van der Waals surface area contributed by atoms with E-state index in [0.29, 0.717) is 5.91 Å². The van der Waals surface area contributed by atoms with Gasteiger partial charge in [-0.2, -0.15) is 0 Å². The molecule has 6 nitrogen and oxygen atoms in total. The lowest BCUT2D eigenvalue weighted by Crippen LogP contribution is -2.45. The summed E-state index contributed by atoms with van der Waals surface area (Å²) in [7, 11) is 1.80. The standard InChI is InChI=1S/C24H39N5O.HI/c1-4-28(5-2)17-20-12-10-19(11-13-20)16-26-24(25-3)27-22-14-15-29(18-22)23(30)21-8-6-7-9-21;/h10-13,21-22H,4-9,14-18H2,1-3H3,(H2,25,26,27);1H. The monoisotopic (exact) mass is 541 g/mol. The van der Waals surface area contributed by atoms with E-state index in [0.717, 1.165) is 64.5 Å². The predicted octanol–water partition coefficient (Wildman–Crippen LogP) is 3.60. The van der Waals surface area contributed by atoms with Crippen molar-refractivity contribution in [3.63, 3.8) is 0 Å². The fourth-order valence-corrected chi connectivity index (χ4v) is 4.55. The van der Waals surface area contributed by atoms with Crippen molar-refractivity contribution in [2.75, 3.05) is 33.2 Å². The molecule has 2 aliphatic rings. The molecule has 1 aliphatic carbocycles. The van der Waals surface area contributed by atoms with Gasteiger partial charge in [0.15, 0.2) is 5.96 Å². The summed E-state index contributed by atoms with van der Waals surface area (Å²) in [4.78, 5) is 21.5. The van der Waals surface area contributed by atoms with Crippen LogP contribution in [0.1, 0.15) is 57.1 Å². The number of benzene rings is 1. The minimum Gasteiger partial charge on any atom is -0.352 e. The van der Waals surface area contributed by atoms with Gasteiger partial charge in [-0.05, 0) is 43.5 Å².